The zero-order chi connectivity index (χ0) is 18.4. The lowest BCUT2D eigenvalue weighted by Crippen LogP contribution is -2.47. The molecule has 0 radical (unpaired) electrons. The summed E-state index contributed by atoms with van der Waals surface area (Å²) in [6, 6.07) is 9.93. The molecule has 3 rings (SSSR count). The van der Waals surface area contributed by atoms with Crippen molar-refractivity contribution in [1.82, 2.24) is 10.2 Å². The second-order valence-electron chi connectivity index (χ2n) is 7.84. The standard InChI is InChI=1S/C21H31N3O2/c1-16-7-5-6-10-19(16)23-20(25)15-24-13-11-17(12-14-24)21(26)22-18-8-3-2-4-9-18/h2-4,8-9,16-17,19H,5-7,10-15H2,1H3,(H,22,26)(H,23,25)/t16-,19+/m1/s1. The van der Waals surface area contributed by atoms with Gasteiger partial charge in [0.15, 0.2) is 0 Å². The highest BCUT2D eigenvalue weighted by Crippen LogP contribution is 2.24. The monoisotopic (exact) mass is 357 g/mol. The summed E-state index contributed by atoms with van der Waals surface area (Å²) >= 11 is 0. The molecule has 1 saturated carbocycles. The van der Waals surface area contributed by atoms with Crippen LogP contribution < -0.4 is 10.6 Å². The van der Waals surface area contributed by atoms with Crippen LogP contribution in [-0.4, -0.2) is 42.4 Å². The van der Waals surface area contributed by atoms with Gasteiger partial charge in [-0.1, -0.05) is 38.0 Å². The number of amides is 2. The van der Waals surface area contributed by atoms with Crippen LogP contribution in [-0.2, 0) is 9.59 Å². The predicted octanol–water partition coefficient (Wildman–Crippen LogP) is 3.03. The Morgan fingerprint density at radius 3 is 2.42 bits per heavy atom. The number of nitrogens with one attached hydrogen (secondary N) is 2. The fourth-order valence-electron chi connectivity index (χ4n) is 4.11. The van der Waals surface area contributed by atoms with E-state index < -0.39 is 0 Å². The lowest BCUT2D eigenvalue weighted by molar-refractivity contribution is -0.124. The highest BCUT2D eigenvalue weighted by Gasteiger charge is 2.27. The minimum atomic E-state index is 0.0351. The summed E-state index contributed by atoms with van der Waals surface area (Å²) in [5, 5.41) is 6.21. The number of hydrogen-bond acceptors (Lipinski definition) is 3. The molecule has 5 heteroatoms. The van der Waals surface area contributed by atoms with Crippen molar-refractivity contribution in [3.8, 4) is 0 Å². The first kappa shape index (κ1) is 18.9. The molecule has 1 aromatic carbocycles. The normalized spacial score (nSPS) is 24.8. The van der Waals surface area contributed by atoms with Gasteiger partial charge in [-0.2, -0.15) is 0 Å². The van der Waals surface area contributed by atoms with Gasteiger partial charge in [-0.15, -0.1) is 0 Å². The number of rotatable bonds is 5. The lowest BCUT2D eigenvalue weighted by Gasteiger charge is -2.33. The third kappa shape index (κ3) is 5.31. The maximum Gasteiger partial charge on any atom is 0.234 e. The largest absolute Gasteiger partial charge is 0.352 e. The van der Waals surface area contributed by atoms with Crippen LogP contribution in [0.3, 0.4) is 0 Å². The molecule has 1 aliphatic heterocycles. The molecule has 1 aliphatic carbocycles. The average molecular weight is 357 g/mol. The van der Waals surface area contributed by atoms with Gasteiger partial charge in [0.05, 0.1) is 6.54 Å². The number of para-hydroxylation sites is 1. The van der Waals surface area contributed by atoms with Crippen molar-refractivity contribution >= 4 is 17.5 Å². The zero-order valence-electron chi connectivity index (χ0n) is 15.7. The molecule has 2 amide bonds. The van der Waals surface area contributed by atoms with Crippen LogP contribution in [0.1, 0.15) is 45.4 Å². The highest BCUT2D eigenvalue weighted by molar-refractivity contribution is 5.92. The van der Waals surface area contributed by atoms with Crippen molar-refractivity contribution in [1.29, 1.82) is 0 Å². The van der Waals surface area contributed by atoms with Crippen LogP contribution in [0.2, 0.25) is 0 Å². The Bertz CT molecular complexity index is 597. The minimum absolute atomic E-state index is 0.0351. The van der Waals surface area contributed by atoms with Crippen LogP contribution in [0, 0.1) is 11.8 Å². The second-order valence-corrected chi connectivity index (χ2v) is 7.84. The molecular weight excluding hydrogens is 326 g/mol. The Labute approximate surface area is 156 Å². The molecule has 1 aromatic rings. The van der Waals surface area contributed by atoms with E-state index in [-0.39, 0.29) is 17.7 Å². The molecule has 2 N–H and O–H groups in total. The first-order chi connectivity index (χ1) is 12.6. The zero-order valence-corrected chi connectivity index (χ0v) is 15.7. The molecule has 26 heavy (non-hydrogen) atoms. The highest BCUT2D eigenvalue weighted by atomic mass is 16.2. The van der Waals surface area contributed by atoms with E-state index >= 15 is 0 Å². The fourth-order valence-corrected chi connectivity index (χ4v) is 4.11. The molecule has 1 saturated heterocycles. The van der Waals surface area contributed by atoms with E-state index in [1.807, 2.05) is 30.3 Å². The number of carbonyl (C=O) groups is 2. The summed E-state index contributed by atoms with van der Waals surface area (Å²) < 4.78 is 0. The topological polar surface area (TPSA) is 61.4 Å². The molecule has 2 fully saturated rings. The van der Waals surface area contributed by atoms with E-state index in [1.165, 1.54) is 19.3 Å². The summed E-state index contributed by atoms with van der Waals surface area (Å²) in [5.41, 5.74) is 0.848. The molecule has 0 unspecified atom stereocenters. The van der Waals surface area contributed by atoms with E-state index in [1.54, 1.807) is 0 Å². The summed E-state index contributed by atoms with van der Waals surface area (Å²) in [6.07, 6.45) is 6.45. The van der Waals surface area contributed by atoms with Gasteiger partial charge >= 0.3 is 0 Å². The van der Waals surface area contributed by atoms with Gasteiger partial charge in [0, 0.05) is 17.6 Å². The lowest BCUT2D eigenvalue weighted by atomic mass is 9.86. The smallest absolute Gasteiger partial charge is 0.234 e. The van der Waals surface area contributed by atoms with Crippen LogP contribution in [0.25, 0.3) is 0 Å². The summed E-state index contributed by atoms with van der Waals surface area (Å²) in [7, 11) is 0. The number of likely N-dealkylation sites (tertiary alicyclic amines) is 1. The fraction of sp³-hybridized carbons (Fsp3) is 0.619. The van der Waals surface area contributed by atoms with Crippen LogP contribution in [0.15, 0.2) is 30.3 Å². The summed E-state index contributed by atoms with van der Waals surface area (Å²) in [4.78, 5) is 26.9. The maximum absolute atomic E-state index is 12.4. The Morgan fingerprint density at radius 1 is 1.04 bits per heavy atom. The van der Waals surface area contributed by atoms with Crippen molar-refractivity contribution in [3.05, 3.63) is 30.3 Å². The Balaban J connectivity index is 1.39. The van der Waals surface area contributed by atoms with Gasteiger partial charge in [0.2, 0.25) is 11.8 Å². The Hall–Kier alpha value is -1.88. The SMILES string of the molecule is C[C@@H]1CCCC[C@@H]1NC(=O)CN1CCC(C(=O)Nc2ccccc2)CC1. The second kappa shape index (κ2) is 9.17. The maximum atomic E-state index is 12.4. The molecule has 0 spiro atoms. The van der Waals surface area contributed by atoms with Gasteiger partial charge in [-0.25, -0.2) is 0 Å². The number of carbonyl (C=O) groups excluding carboxylic acids is 2. The van der Waals surface area contributed by atoms with Gasteiger partial charge in [0.25, 0.3) is 0 Å². The molecule has 0 bridgehead atoms. The molecule has 142 valence electrons. The molecule has 0 aromatic heterocycles. The Kier molecular flexibility index (Phi) is 6.67. The molecule has 5 nitrogen and oxygen atoms in total. The van der Waals surface area contributed by atoms with Crippen molar-refractivity contribution in [3.63, 3.8) is 0 Å². The summed E-state index contributed by atoms with van der Waals surface area (Å²) in [5.74, 6) is 0.847. The van der Waals surface area contributed by atoms with E-state index in [9.17, 15) is 9.59 Å². The Morgan fingerprint density at radius 2 is 1.73 bits per heavy atom. The predicted molar refractivity (Wildman–Crippen MR) is 104 cm³/mol. The van der Waals surface area contributed by atoms with Crippen LogP contribution in [0.4, 0.5) is 5.69 Å². The first-order valence-corrected chi connectivity index (χ1v) is 9.99. The quantitative estimate of drug-likeness (QED) is 0.851. The number of piperidine rings is 1. The van der Waals surface area contributed by atoms with E-state index in [0.717, 1.165) is 38.0 Å². The minimum Gasteiger partial charge on any atom is -0.352 e. The van der Waals surface area contributed by atoms with E-state index in [2.05, 4.69) is 22.5 Å². The number of hydrogen-bond donors (Lipinski definition) is 2. The third-order valence-electron chi connectivity index (χ3n) is 5.82. The third-order valence-corrected chi connectivity index (χ3v) is 5.82. The van der Waals surface area contributed by atoms with E-state index in [4.69, 9.17) is 0 Å². The number of benzene rings is 1. The molecular formula is C21H31N3O2. The van der Waals surface area contributed by atoms with Gasteiger partial charge in [-0.3, -0.25) is 14.5 Å². The van der Waals surface area contributed by atoms with E-state index in [0.29, 0.717) is 18.5 Å². The summed E-state index contributed by atoms with van der Waals surface area (Å²) in [6.45, 7) is 4.30. The molecule has 2 aliphatic rings. The van der Waals surface area contributed by atoms with Crippen molar-refractivity contribution < 1.29 is 9.59 Å². The molecule has 2 atom stereocenters. The van der Waals surface area contributed by atoms with Crippen LogP contribution >= 0.6 is 0 Å². The molecule has 1 heterocycles. The van der Waals surface area contributed by atoms with Crippen molar-refractivity contribution in [2.75, 3.05) is 25.0 Å². The van der Waals surface area contributed by atoms with Gasteiger partial charge < -0.3 is 10.6 Å². The number of nitrogens with zero attached hydrogens (tertiary/aromatic N) is 1. The van der Waals surface area contributed by atoms with Crippen molar-refractivity contribution in [2.24, 2.45) is 11.8 Å². The van der Waals surface area contributed by atoms with Gasteiger partial charge in [0.1, 0.15) is 0 Å². The average Bonchev–Trinajstić information content (AvgIpc) is 2.65. The first-order valence-electron chi connectivity index (χ1n) is 9.99. The number of anilines is 1. The van der Waals surface area contributed by atoms with Crippen LogP contribution in [0.5, 0.6) is 0 Å². The van der Waals surface area contributed by atoms with Crippen molar-refractivity contribution in [2.45, 2.75) is 51.5 Å². The van der Waals surface area contributed by atoms with Gasteiger partial charge in [-0.05, 0) is 56.8 Å².